The van der Waals surface area contributed by atoms with E-state index in [4.69, 9.17) is 23.5 Å². The summed E-state index contributed by atoms with van der Waals surface area (Å²) in [6, 6.07) is -0.208. The summed E-state index contributed by atoms with van der Waals surface area (Å²) in [6.45, 7) is 12.1. The number of aliphatic hydroxyl groups excluding tert-OH is 1. The van der Waals surface area contributed by atoms with Crippen molar-refractivity contribution < 1.29 is 52.1 Å². The lowest BCUT2D eigenvalue weighted by Crippen LogP contribution is -2.63. The molecular weight excluding hydrogens is 750 g/mol. The molecule has 308 valence electrons. The lowest BCUT2D eigenvalue weighted by Gasteiger charge is -2.47. The lowest BCUT2D eigenvalue weighted by atomic mass is 9.72. The van der Waals surface area contributed by atoms with Gasteiger partial charge in [-0.3, -0.25) is 14.6 Å². The largest absolute Gasteiger partial charge is 0.457 e. The molecule has 3 saturated heterocycles. The van der Waals surface area contributed by atoms with Crippen molar-refractivity contribution in [1.29, 1.82) is 0 Å². The third-order valence-corrected chi connectivity index (χ3v) is 12.3. The molecule has 3 fully saturated rings. The summed E-state index contributed by atoms with van der Waals surface area (Å²) in [5.41, 5.74) is -3.91. The summed E-state index contributed by atoms with van der Waals surface area (Å²) in [7, 11) is 3.62. The number of aromatic nitrogens is 2. The second kappa shape index (κ2) is 17.0. The molecule has 0 spiro atoms. The molecule has 2 amide bonds. The SMILES string of the molecule is CC[C@H]1OC(=O)[C@](C)(F)C(=O)[C@H](C)[C@@H](O[C@@H]2O[C@H](C)C[C@H](N(C)C)[C@H]2O)[C@](C)(OCC#Cc2cc(-c3cncs3)no2)C[C@@H](C)C(=O)[C@H](C)[C@H]2NC(=O)N[C@@]21C. The van der Waals surface area contributed by atoms with Crippen molar-refractivity contribution in [2.75, 3.05) is 20.7 Å². The highest BCUT2D eigenvalue weighted by molar-refractivity contribution is 7.13. The van der Waals surface area contributed by atoms with Gasteiger partial charge in [0, 0.05) is 36.1 Å². The van der Waals surface area contributed by atoms with Gasteiger partial charge in [-0.1, -0.05) is 38.8 Å². The van der Waals surface area contributed by atoms with Gasteiger partial charge in [-0.2, -0.15) is 0 Å². The third kappa shape index (κ3) is 8.70. The van der Waals surface area contributed by atoms with Gasteiger partial charge in [-0.05, 0) is 67.0 Å². The minimum Gasteiger partial charge on any atom is -0.457 e. The maximum Gasteiger partial charge on any atom is 0.351 e. The normalized spacial score (nSPS) is 38.5. The standard InChI is InChI=1S/C39H54FN5O10S/c1-11-28-39(8)31(42-36(50)43-39)22(4)29(46)20(2)17-37(6,51-14-12-13-24-16-25(44-55-24)27-18-41-19-56-27)33(23(5)32(48)38(7,40)35(49)53-28)54-34-30(47)26(45(9)10)15-21(3)52-34/h16,18-23,26,28,30-31,33-34,47H,11,14-15,17H2,1-10H3,(H2,42,43,50)/t20-,21-,22+,23+,26+,28-,30-,31-,33-,34+,37-,38-,39-/m1/s1. The number of cyclic esters (lactones) is 1. The van der Waals surface area contributed by atoms with Crippen LogP contribution in [0.4, 0.5) is 9.18 Å². The van der Waals surface area contributed by atoms with Crippen molar-refractivity contribution in [1.82, 2.24) is 25.7 Å². The zero-order valence-electron chi connectivity index (χ0n) is 33.6. The highest BCUT2D eigenvalue weighted by Gasteiger charge is 2.58. The molecule has 2 aromatic heterocycles. The van der Waals surface area contributed by atoms with Gasteiger partial charge in [0.05, 0.1) is 39.8 Å². The lowest BCUT2D eigenvalue weighted by molar-refractivity contribution is -0.296. The smallest absolute Gasteiger partial charge is 0.351 e. The minimum atomic E-state index is -3.19. The second-order valence-corrected chi connectivity index (χ2v) is 17.0. The monoisotopic (exact) mass is 803 g/mol. The molecule has 0 saturated carbocycles. The Kier molecular flexibility index (Phi) is 13.1. The van der Waals surface area contributed by atoms with Gasteiger partial charge in [0.1, 0.15) is 30.3 Å². The van der Waals surface area contributed by atoms with E-state index in [1.807, 2.05) is 25.9 Å². The number of ether oxygens (including phenoxy) is 4. The van der Waals surface area contributed by atoms with Crippen LogP contribution in [0, 0.1) is 29.6 Å². The number of thiazole rings is 1. The van der Waals surface area contributed by atoms with E-state index in [1.165, 1.54) is 18.3 Å². The first-order chi connectivity index (χ1) is 26.2. The number of esters is 1. The predicted molar refractivity (Wildman–Crippen MR) is 202 cm³/mol. The Morgan fingerprint density at radius 3 is 2.48 bits per heavy atom. The fourth-order valence-electron chi connectivity index (χ4n) is 8.40. The van der Waals surface area contributed by atoms with E-state index in [0.717, 1.165) is 11.8 Å². The van der Waals surface area contributed by atoms with E-state index in [1.54, 1.807) is 52.4 Å². The van der Waals surface area contributed by atoms with Gasteiger partial charge < -0.3 is 44.1 Å². The van der Waals surface area contributed by atoms with E-state index in [2.05, 4.69) is 32.6 Å². The molecule has 3 aliphatic heterocycles. The summed E-state index contributed by atoms with van der Waals surface area (Å²) in [5.74, 6) is 0.0722. The number of halogens is 1. The van der Waals surface area contributed by atoms with E-state index >= 15 is 4.39 Å². The number of Topliss-reactive ketones (excluding diaryl/α,β-unsaturated/α-hetero) is 2. The Bertz CT molecular complexity index is 1810. The fraction of sp³-hybridized carbons (Fsp3) is 0.692. The molecule has 13 atom stereocenters. The zero-order valence-corrected chi connectivity index (χ0v) is 34.4. The number of alkyl halides is 1. The van der Waals surface area contributed by atoms with Gasteiger partial charge in [0.25, 0.3) is 5.67 Å². The molecule has 3 N–H and O–H groups in total. The molecule has 0 radical (unpaired) electrons. The molecule has 56 heavy (non-hydrogen) atoms. The quantitative estimate of drug-likeness (QED) is 0.209. The number of nitrogens with zero attached hydrogens (tertiary/aromatic N) is 3. The van der Waals surface area contributed by atoms with Gasteiger partial charge in [0.2, 0.25) is 5.76 Å². The van der Waals surface area contributed by atoms with Crippen LogP contribution in [0.5, 0.6) is 0 Å². The zero-order chi connectivity index (χ0) is 41.3. The van der Waals surface area contributed by atoms with Crippen molar-refractivity contribution in [2.24, 2.45) is 17.8 Å². The van der Waals surface area contributed by atoms with Gasteiger partial charge in [-0.15, -0.1) is 11.3 Å². The number of carbonyl (C=O) groups is 4. The van der Waals surface area contributed by atoms with Crippen LogP contribution in [0.25, 0.3) is 10.6 Å². The summed E-state index contributed by atoms with van der Waals surface area (Å²) in [6.07, 6.45) is -3.24. The third-order valence-electron chi connectivity index (χ3n) is 11.5. The number of aliphatic hydroxyl groups is 1. The van der Waals surface area contributed by atoms with Gasteiger partial charge in [-0.25, -0.2) is 14.0 Å². The van der Waals surface area contributed by atoms with Gasteiger partial charge in [0.15, 0.2) is 12.1 Å². The van der Waals surface area contributed by atoms with Crippen LogP contribution in [0.2, 0.25) is 0 Å². The Morgan fingerprint density at radius 2 is 1.84 bits per heavy atom. The number of hydrogen-bond acceptors (Lipinski definition) is 14. The Balaban J connectivity index is 1.58. The second-order valence-electron chi connectivity index (χ2n) is 16.1. The van der Waals surface area contributed by atoms with E-state index in [9.17, 15) is 24.3 Å². The molecular formula is C39H54FN5O10S. The Morgan fingerprint density at radius 1 is 1.12 bits per heavy atom. The first-order valence-corrected chi connectivity index (χ1v) is 19.8. The number of urea groups is 1. The first-order valence-electron chi connectivity index (χ1n) is 18.9. The van der Waals surface area contributed by atoms with Crippen LogP contribution in [0.3, 0.4) is 0 Å². The van der Waals surface area contributed by atoms with Crippen LogP contribution in [-0.4, -0.2) is 124 Å². The number of rotatable bonds is 7. The summed E-state index contributed by atoms with van der Waals surface area (Å²) in [4.78, 5) is 62.0. The Hall–Kier alpha value is -3.79. The van der Waals surface area contributed by atoms with Crippen LogP contribution in [0.1, 0.15) is 80.4 Å². The molecule has 5 heterocycles. The van der Waals surface area contributed by atoms with Crippen molar-refractivity contribution >= 4 is 34.9 Å². The van der Waals surface area contributed by atoms with Gasteiger partial charge >= 0.3 is 12.0 Å². The average Bonchev–Trinajstić information content (AvgIpc) is 3.91. The number of likely N-dealkylation sites (N-methyl/N-ethyl adjacent to an activating group) is 1. The molecule has 0 aromatic carbocycles. The van der Waals surface area contributed by atoms with Crippen LogP contribution >= 0.6 is 11.3 Å². The van der Waals surface area contributed by atoms with Crippen LogP contribution in [0.15, 0.2) is 22.3 Å². The molecule has 0 unspecified atom stereocenters. The summed E-state index contributed by atoms with van der Waals surface area (Å²) < 4.78 is 47.1. The minimum absolute atomic E-state index is 0.0804. The first kappa shape index (κ1) is 43.3. The highest BCUT2D eigenvalue weighted by Crippen LogP contribution is 2.40. The van der Waals surface area contributed by atoms with E-state index < -0.39 is 89.0 Å². The number of fused-ring (bicyclic) bond motifs is 1. The van der Waals surface area contributed by atoms with E-state index in [0.29, 0.717) is 12.1 Å². The van der Waals surface area contributed by atoms with E-state index in [-0.39, 0.29) is 37.1 Å². The number of hydrogen-bond donors (Lipinski definition) is 3. The summed E-state index contributed by atoms with van der Waals surface area (Å²) >= 11 is 1.39. The fourth-order valence-corrected chi connectivity index (χ4v) is 8.97. The maximum atomic E-state index is 16.9. The topological polar surface area (TPSA) is 192 Å². The molecule has 5 rings (SSSR count). The predicted octanol–water partition coefficient (Wildman–Crippen LogP) is 3.68. The van der Waals surface area contributed by atoms with Crippen molar-refractivity contribution in [3.63, 3.8) is 0 Å². The van der Waals surface area contributed by atoms with Crippen LogP contribution < -0.4 is 10.6 Å². The molecule has 3 aliphatic rings. The number of amides is 2. The number of nitrogens with one attached hydrogen (secondary N) is 2. The molecule has 17 heteroatoms. The molecule has 0 bridgehead atoms. The molecule has 15 nitrogen and oxygen atoms in total. The summed E-state index contributed by atoms with van der Waals surface area (Å²) in [5, 5.41) is 21.2. The number of ketones is 2. The van der Waals surface area contributed by atoms with Crippen molar-refractivity contribution in [2.45, 2.75) is 134 Å². The van der Waals surface area contributed by atoms with Crippen LogP contribution in [-0.2, 0) is 33.3 Å². The molecule has 0 aliphatic carbocycles. The molecule has 2 aromatic rings. The maximum absolute atomic E-state index is 16.9. The highest BCUT2D eigenvalue weighted by atomic mass is 32.1. The number of carbonyl (C=O) groups excluding carboxylic acids is 4. The van der Waals surface area contributed by atoms with Crippen molar-refractivity contribution in [3.05, 3.63) is 23.5 Å². The Labute approximate surface area is 330 Å². The van der Waals surface area contributed by atoms with Crippen molar-refractivity contribution in [3.8, 4) is 22.4 Å². The average molecular weight is 804 g/mol.